The molecular formula is C12H27N3O3S. The molecule has 2 N–H and O–H groups in total. The second-order valence-electron chi connectivity index (χ2n) is 5.14. The first-order valence-corrected chi connectivity index (χ1v) is 8.50. The van der Waals surface area contributed by atoms with E-state index in [1.165, 1.54) is 4.31 Å². The molecule has 0 spiro atoms. The summed E-state index contributed by atoms with van der Waals surface area (Å²) in [6.45, 7) is 5.53. The number of nitrogens with one attached hydrogen (secondary N) is 1. The summed E-state index contributed by atoms with van der Waals surface area (Å²) in [5.41, 5.74) is 0. The van der Waals surface area contributed by atoms with Gasteiger partial charge < -0.3 is 10.0 Å². The Hall–Kier alpha value is -0.210. The predicted octanol–water partition coefficient (Wildman–Crippen LogP) is 0.00940. The van der Waals surface area contributed by atoms with Crippen LogP contribution in [0, 0.1) is 0 Å². The van der Waals surface area contributed by atoms with Gasteiger partial charge >= 0.3 is 0 Å². The quantitative estimate of drug-likeness (QED) is 0.661. The third-order valence-electron chi connectivity index (χ3n) is 3.48. The molecular weight excluding hydrogens is 266 g/mol. The number of likely N-dealkylation sites (tertiary alicyclic amines) is 1. The van der Waals surface area contributed by atoms with Crippen LogP contribution >= 0.6 is 0 Å². The second-order valence-corrected chi connectivity index (χ2v) is 6.95. The van der Waals surface area contributed by atoms with Crippen molar-refractivity contribution in [2.45, 2.75) is 38.6 Å². The van der Waals surface area contributed by atoms with Crippen molar-refractivity contribution >= 4 is 10.2 Å². The van der Waals surface area contributed by atoms with Crippen molar-refractivity contribution in [2.75, 3.05) is 39.8 Å². The van der Waals surface area contributed by atoms with E-state index in [9.17, 15) is 8.42 Å². The molecule has 1 fully saturated rings. The fraction of sp³-hybridized carbons (Fsp3) is 1.00. The van der Waals surface area contributed by atoms with Crippen LogP contribution in [0.2, 0.25) is 0 Å². The van der Waals surface area contributed by atoms with Crippen LogP contribution in [-0.2, 0) is 10.2 Å². The van der Waals surface area contributed by atoms with Crippen molar-refractivity contribution < 1.29 is 13.5 Å². The summed E-state index contributed by atoms with van der Waals surface area (Å²) in [6, 6.07) is 0.0367. The summed E-state index contributed by atoms with van der Waals surface area (Å²) >= 11 is 0. The molecule has 1 heterocycles. The van der Waals surface area contributed by atoms with E-state index in [0.29, 0.717) is 13.0 Å². The maximum Gasteiger partial charge on any atom is 0.279 e. The van der Waals surface area contributed by atoms with Crippen LogP contribution in [-0.4, -0.2) is 68.6 Å². The van der Waals surface area contributed by atoms with Crippen LogP contribution in [0.15, 0.2) is 0 Å². The number of nitrogens with zero attached hydrogens (tertiary/aromatic N) is 2. The van der Waals surface area contributed by atoms with E-state index in [0.717, 1.165) is 38.9 Å². The zero-order valence-electron chi connectivity index (χ0n) is 12.0. The standard InChI is InChI=1S/C12H27N3O3S/c1-3-7-15-9-5-12(6-10-15)13-19(17,18)14(2)8-4-11-16/h12-13,16H,3-11H2,1-2H3. The molecule has 0 unspecified atom stereocenters. The highest BCUT2D eigenvalue weighted by Gasteiger charge is 2.25. The van der Waals surface area contributed by atoms with Crippen molar-refractivity contribution in [3.8, 4) is 0 Å². The Balaban J connectivity index is 2.38. The van der Waals surface area contributed by atoms with Gasteiger partial charge in [0.1, 0.15) is 0 Å². The largest absolute Gasteiger partial charge is 0.396 e. The molecule has 1 aliphatic heterocycles. The maximum absolute atomic E-state index is 12.0. The van der Waals surface area contributed by atoms with E-state index in [1.54, 1.807) is 7.05 Å². The topological polar surface area (TPSA) is 72.9 Å². The summed E-state index contributed by atoms with van der Waals surface area (Å²) < 4.78 is 28.1. The lowest BCUT2D eigenvalue weighted by Crippen LogP contribution is -2.48. The van der Waals surface area contributed by atoms with E-state index in [1.807, 2.05) is 0 Å². The molecule has 0 aromatic rings. The number of hydrogen-bond donors (Lipinski definition) is 2. The van der Waals surface area contributed by atoms with E-state index in [-0.39, 0.29) is 12.6 Å². The number of piperidine rings is 1. The number of hydrogen-bond acceptors (Lipinski definition) is 4. The minimum atomic E-state index is -3.41. The molecule has 114 valence electrons. The Morgan fingerprint density at radius 2 is 2.00 bits per heavy atom. The predicted molar refractivity (Wildman–Crippen MR) is 76.1 cm³/mol. The van der Waals surface area contributed by atoms with Crippen molar-refractivity contribution in [3.63, 3.8) is 0 Å². The molecule has 0 aliphatic carbocycles. The first-order valence-electron chi connectivity index (χ1n) is 7.06. The molecule has 0 bridgehead atoms. The number of aliphatic hydroxyl groups excluding tert-OH is 1. The third kappa shape index (κ3) is 5.74. The Labute approximate surface area is 117 Å². The highest BCUT2D eigenvalue weighted by Crippen LogP contribution is 2.12. The average molecular weight is 293 g/mol. The van der Waals surface area contributed by atoms with E-state index in [2.05, 4.69) is 16.5 Å². The van der Waals surface area contributed by atoms with Crippen molar-refractivity contribution in [1.29, 1.82) is 0 Å². The van der Waals surface area contributed by atoms with Gasteiger partial charge in [0.05, 0.1) is 0 Å². The average Bonchev–Trinajstić information content (AvgIpc) is 2.38. The second kappa shape index (κ2) is 8.16. The molecule has 1 aliphatic rings. The molecule has 7 heteroatoms. The van der Waals surface area contributed by atoms with Gasteiger partial charge in [-0.15, -0.1) is 0 Å². The van der Waals surface area contributed by atoms with Gasteiger partial charge in [-0.2, -0.15) is 17.4 Å². The minimum Gasteiger partial charge on any atom is -0.396 e. The van der Waals surface area contributed by atoms with E-state index < -0.39 is 10.2 Å². The van der Waals surface area contributed by atoms with Gasteiger partial charge in [0, 0.05) is 26.2 Å². The molecule has 0 radical (unpaired) electrons. The van der Waals surface area contributed by atoms with Crippen LogP contribution in [0.3, 0.4) is 0 Å². The van der Waals surface area contributed by atoms with Crippen LogP contribution in [0.1, 0.15) is 32.6 Å². The molecule has 19 heavy (non-hydrogen) atoms. The molecule has 0 amide bonds. The van der Waals surface area contributed by atoms with Gasteiger partial charge in [-0.3, -0.25) is 0 Å². The summed E-state index contributed by atoms with van der Waals surface area (Å²) in [6.07, 6.45) is 3.34. The molecule has 1 saturated heterocycles. The van der Waals surface area contributed by atoms with Gasteiger partial charge in [-0.1, -0.05) is 6.92 Å². The van der Waals surface area contributed by atoms with Gasteiger partial charge in [0.25, 0.3) is 10.2 Å². The zero-order valence-corrected chi connectivity index (χ0v) is 12.8. The lowest BCUT2D eigenvalue weighted by Gasteiger charge is -2.32. The number of aliphatic hydroxyl groups is 1. The summed E-state index contributed by atoms with van der Waals surface area (Å²) in [4.78, 5) is 2.38. The molecule has 6 nitrogen and oxygen atoms in total. The summed E-state index contributed by atoms with van der Waals surface area (Å²) in [5.74, 6) is 0. The first kappa shape index (κ1) is 16.8. The number of rotatable bonds is 8. The Morgan fingerprint density at radius 1 is 1.37 bits per heavy atom. The van der Waals surface area contributed by atoms with Crippen LogP contribution < -0.4 is 4.72 Å². The van der Waals surface area contributed by atoms with Crippen LogP contribution in [0.25, 0.3) is 0 Å². The van der Waals surface area contributed by atoms with E-state index >= 15 is 0 Å². The van der Waals surface area contributed by atoms with Gasteiger partial charge in [-0.25, -0.2) is 0 Å². The minimum absolute atomic E-state index is 0.00919. The molecule has 0 aromatic heterocycles. The highest BCUT2D eigenvalue weighted by molar-refractivity contribution is 7.87. The lowest BCUT2D eigenvalue weighted by atomic mass is 10.1. The third-order valence-corrected chi connectivity index (χ3v) is 5.12. The fourth-order valence-corrected chi connectivity index (χ4v) is 3.51. The van der Waals surface area contributed by atoms with E-state index in [4.69, 9.17) is 5.11 Å². The van der Waals surface area contributed by atoms with Gasteiger partial charge in [0.15, 0.2) is 0 Å². The Bertz CT molecular complexity index is 340. The molecule has 0 atom stereocenters. The normalized spacial score (nSPS) is 19.2. The maximum atomic E-state index is 12.0. The smallest absolute Gasteiger partial charge is 0.279 e. The fourth-order valence-electron chi connectivity index (χ4n) is 2.30. The summed E-state index contributed by atoms with van der Waals surface area (Å²) in [5, 5.41) is 8.73. The summed E-state index contributed by atoms with van der Waals surface area (Å²) in [7, 11) is -1.86. The molecule has 0 aromatic carbocycles. The molecule has 1 rings (SSSR count). The van der Waals surface area contributed by atoms with Crippen molar-refractivity contribution in [2.24, 2.45) is 0 Å². The SMILES string of the molecule is CCCN1CCC(NS(=O)(=O)N(C)CCCO)CC1. The Morgan fingerprint density at radius 3 is 2.53 bits per heavy atom. The Kier molecular flexibility index (Phi) is 7.23. The van der Waals surface area contributed by atoms with Gasteiger partial charge in [-0.05, 0) is 45.3 Å². The van der Waals surface area contributed by atoms with Crippen LogP contribution in [0.4, 0.5) is 0 Å². The molecule has 0 saturated carbocycles. The highest BCUT2D eigenvalue weighted by atomic mass is 32.2. The van der Waals surface area contributed by atoms with Crippen molar-refractivity contribution in [1.82, 2.24) is 13.9 Å². The van der Waals surface area contributed by atoms with Crippen LogP contribution in [0.5, 0.6) is 0 Å². The monoisotopic (exact) mass is 293 g/mol. The zero-order chi connectivity index (χ0) is 14.3. The van der Waals surface area contributed by atoms with Crippen molar-refractivity contribution in [3.05, 3.63) is 0 Å². The first-order chi connectivity index (χ1) is 8.99. The lowest BCUT2D eigenvalue weighted by molar-refractivity contribution is 0.206. The van der Waals surface area contributed by atoms with Gasteiger partial charge in [0.2, 0.25) is 0 Å².